The van der Waals surface area contributed by atoms with E-state index in [-0.39, 0.29) is 0 Å². The fourth-order valence-corrected chi connectivity index (χ4v) is 3.05. The van der Waals surface area contributed by atoms with Crippen LogP contribution in [0.5, 0.6) is 0 Å². The minimum absolute atomic E-state index is 0.323. The van der Waals surface area contributed by atoms with Gasteiger partial charge in [0.05, 0.1) is 0 Å². The van der Waals surface area contributed by atoms with Gasteiger partial charge in [-0.3, -0.25) is 0 Å². The third kappa shape index (κ3) is 2.27. The van der Waals surface area contributed by atoms with E-state index < -0.39 is 0 Å². The molecule has 3 rings (SSSR count). The molecule has 3 nitrogen and oxygen atoms in total. The molecule has 0 unspecified atom stereocenters. The minimum atomic E-state index is 0.323. The number of halogens is 1. The zero-order valence-electron chi connectivity index (χ0n) is 8.63. The summed E-state index contributed by atoms with van der Waals surface area (Å²) in [7, 11) is 0. The third-order valence-electron chi connectivity index (χ3n) is 2.25. The third-order valence-corrected chi connectivity index (χ3v) is 4.58. The zero-order chi connectivity index (χ0) is 11.7. The molecule has 5 heteroatoms. The molecular weight excluding hydrogens is 347 g/mol. The quantitative estimate of drug-likeness (QED) is 0.664. The Morgan fingerprint density at radius 3 is 2.47 bits per heavy atom. The summed E-state index contributed by atoms with van der Waals surface area (Å²) < 4.78 is 7.83. The van der Waals surface area contributed by atoms with Crippen LogP contribution in [0.3, 0.4) is 0 Å². The first-order valence-electron chi connectivity index (χ1n) is 4.96. The first kappa shape index (κ1) is 11.0. The predicted molar refractivity (Wildman–Crippen MR) is 69.8 cm³/mol. The van der Waals surface area contributed by atoms with Gasteiger partial charge in [0, 0.05) is 0 Å². The summed E-state index contributed by atoms with van der Waals surface area (Å²) in [4.78, 5) is 2.13. The van der Waals surface area contributed by atoms with Crippen LogP contribution < -0.4 is 0 Å². The molecule has 0 saturated heterocycles. The molecule has 0 amide bonds. The maximum atomic E-state index is 5.66. The van der Waals surface area contributed by atoms with Crippen molar-refractivity contribution in [1.82, 2.24) is 10.2 Å². The molecular formula is C12H7BrN2OSe. The second-order valence-electron chi connectivity index (χ2n) is 3.40. The van der Waals surface area contributed by atoms with Gasteiger partial charge in [-0.05, 0) is 0 Å². The zero-order valence-corrected chi connectivity index (χ0v) is 11.9. The number of aromatic nitrogens is 2. The standard InChI is InChI=1S/C12H7BrN2OSe/c13-9-5-3-8(4-6-9)11-14-15-12(16-11)10-2-1-7-17-10/h1-7H. The van der Waals surface area contributed by atoms with Gasteiger partial charge in [-0.1, -0.05) is 0 Å². The molecule has 0 aliphatic rings. The molecule has 3 aromatic rings. The Balaban J connectivity index is 1.98. The molecule has 2 aromatic heterocycles. The summed E-state index contributed by atoms with van der Waals surface area (Å²) in [6.45, 7) is 0. The Morgan fingerprint density at radius 2 is 1.76 bits per heavy atom. The van der Waals surface area contributed by atoms with E-state index in [4.69, 9.17) is 4.42 Å². The Hall–Kier alpha value is -1.16. The van der Waals surface area contributed by atoms with Crippen molar-refractivity contribution in [3.63, 3.8) is 0 Å². The summed E-state index contributed by atoms with van der Waals surface area (Å²) in [5.74, 6) is 1.20. The van der Waals surface area contributed by atoms with E-state index in [1.165, 1.54) is 0 Å². The van der Waals surface area contributed by atoms with Gasteiger partial charge in [-0.15, -0.1) is 0 Å². The van der Waals surface area contributed by atoms with Crippen LogP contribution in [-0.4, -0.2) is 24.7 Å². The van der Waals surface area contributed by atoms with Crippen molar-refractivity contribution in [2.24, 2.45) is 0 Å². The van der Waals surface area contributed by atoms with Gasteiger partial charge < -0.3 is 0 Å². The molecule has 84 valence electrons. The van der Waals surface area contributed by atoms with Crippen LogP contribution >= 0.6 is 15.9 Å². The van der Waals surface area contributed by atoms with E-state index in [9.17, 15) is 0 Å². The summed E-state index contributed by atoms with van der Waals surface area (Å²) in [6, 6.07) is 11.9. The van der Waals surface area contributed by atoms with Crippen molar-refractivity contribution in [2.75, 3.05) is 0 Å². The van der Waals surface area contributed by atoms with Gasteiger partial charge in [-0.2, -0.15) is 0 Å². The monoisotopic (exact) mass is 354 g/mol. The Labute approximate surface area is 112 Å². The van der Waals surface area contributed by atoms with Crippen molar-refractivity contribution >= 4 is 30.4 Å². The summed E-state index contributed by atoms with van der Waals surface area (Å²) in [6.07, 6.45) is 0. The van der Waals surface area contributed by atoms with Gasteiger partial charge in [0.25, 0.3) is 0 Å². The summed E-state index contributed by atoms with van der Waals surface area (Å²) in [5.41, 5.74) is 0.936. The molecule has 2 heterocycles. The topological polar surface area (TPSA) is 38.9 Å². The van der Waals surface area contributed by atoms with Crippen molar-refractivity contribution < 1.29 is 4.42 Å². The van der Waals surface area contributed by atoms with Crippen molar-refractivity contribution in [1.29, 1.82) is 0 Å². The normalized spacial score (nSPS) is 10.6. The SMILES string of the molecule is Brc1ccc(-c2nnc(-c3ccc[se]3)o2)cc1. The Morgan fingerprint density at radius 1 is 1.00 bits per heavy atom. The Kier molecular flexibility index (Phi) is 2.97. The first-order chi connectivity index (χ1) is 8.33. The summed E-state index contributed by atoms with van der Waals surface area (Å²) in [5, 5.41) is 8.15. The van der Waals surface area contributed by atoms with Gasteiger partial charge in [0.15, 0.2) is 0 Å². The van der Waals surface area contributed by atoms with Gasteiger partial charge in [-0.25, -0.2) is 0 Å². The van der Waals surface area contributed by atoms with E-state index in [1.807, 2.05) is 36.4 Å². The summed E-state index contributed by atoms with van der Waals surface area (Å²) >= 11 is 3.72. The molecule has 0 radical (unpaired) electrons. The second-order valence-corrected chi connectivity index (χ2v) is 6.30. The van der Waals surface area contributed by atoms with Crippen LogP contribution in [0.15, 0.2) is 50.2 Å². The number of nitrogens with zero attached hydrogens (tertiary/aromatic N) is 2. The molecule has 0 N–H and O–H groups in total. The average Bonchev–Trinajstić information content (AvgIpc) is 3.00. The number of hydrogen-bond acceptors (Lipinski definition) is 3. The number of benzene rings is 1. The molecule has 0 aliphatic carbocycles. The van der Waals surface area contributed by atoms with Crippen LogP contribution in [0.4, 0.5) is 0 Å². The van der Waals surface area contributed by atoms with E-state index >= 15 is 0 Å². The molecule has 0 spiro atoms. The van der Waals surface area contributed by atoms with Crippen LogP contribution in [-0.2, 0) is 0 Å². The first-order valence-corrected chi connectivity index (χ1v) is 7.60. The molecule has 0 aliphatic heterocycles. The molecule has 0 bridgehead atoms. The van der Waals surface area contributed by atoms with Gasteiger partial charge >= 0.3 is 113 Å². The van der Waals surface area contributed by atoms with Crippen LogP contribution in [0, 0.1) is 0 Å². The van der Waals surface area contributed by atoms with Crippen LogP contribution in [0.2, 0.25) is 0 Å². The average molecular weight is 354 g/mol. The van der Waals surface area contributed by atoms with Crippen molar-refractivity contribution in [3.05, 3.63) is 45.8 Å². The van der Waals surface area contributed by atoms with E-state index in [2.05, 4.69) is 31.1 Å². The van der Waals surface area contributed by atoms with Crippen molar-refractivity contribution in [2.45, 2.75) is 0 Å². The maximum absolute atomic E-state index is 5.66. The van der Waals surface area contributed by atoms with Crippen LogP contribution in [0.25, 0.3) is 21.8 Å². The fourth-order valence-electron chi connectivity index (χ4n) is 1.43. The van der Waals surface area contributed by atoms with Gasteiger partial charge in [0.2, 0.25) is 0 Å². The van der Waals surface area contributed by atoms with Crippen molar-refractivity contribution in [3.8, 4) is 21.8 Å². The van der Waals surface area contributed by atoms with Crippen LogP contribution in [0.1, 0.15) is 0 Å². The Bertz CT molecular complexity index is 616. The molecule has 0 fully saturated rings. The van der Waals surface area contributed by atoms with Gasteiger partial charge in [0.1, 0.15) is 0 Å². The molecule has 0 atom stereocenters. The van der Waals surface area contributed by atoms with E-state index in [0.717, 1.165) is 14.5 Å². The molecule has 1 aromatic carbocycles. The number of hydrogen-bond donors (Lipinski definition) is 0. The predicted octanol–water partition coefficient (Wildman–Crippen LogP) is 3.22. The number of rotatable bonds is 2. The second kappa shape index (κ2) is 4.61. The van der Waals surface area contributed by atoms with E-state index in [0.29, 0.717) is 26.3 Å². The van der Waals surface area contributed by atoms with E-state index in [1.54, 1.807) is 0 Å². The molecule has 17 heavy (non-hydrogen) atoms. The molecule has 0 saturated carbocycles. The fraction of sp³-hybridized carbons (Fsp3) is 0.